The highest BCUT2D eigenvalue weighted by Crippen LogP contribution is 2.38. The Labute approximate surface area is 262 Å². The average molecular weight is 648 g/mol. The van der Waals surface area contributed by atoms with Crippen LogP contribution < -0.4 is 30.7 Å². The number of hydrogen-bond donors (Lipinski definition) is 4. The summed E-state index contributed by atoms with van der Waals surface area (Å²) in [5.41, 5.74) is 9.12. The van der Waals surface area contributed by atoms with Crippen molar-refractivity contribution in [2.45, 2.75) is 25.8 Å². The minimum atomic E-state index is -3.69. The van der Waals surface area contributed by atoms with Gasteiger partial charge >= 0.3 is 0 Å². The fourth-order valence-electron chi connectivity index (χ4n) is 5.70. The molecule has 44 heavy (non-hydrogen) atoms. The first-order valence-electron chi connectivity index (χ1n) is 14.4. The molecule has 238 valence electrons. The Morgan fingerprint density at radius 3 is 2.36 bits per heavy atom. The highest BCUT2D eigenvalue weighted by molar-refractivity contribution is 7.92. The van der Waals surface area contributed by atoms with Crippen molar-refractivity contribution < 1.29 is 17.5 Å². The number of benzene rings is 2. The molecule has 0 bridgehead atoms. The first-order valence-corrected chi connectivity index (χ1v) is 16.7. The monoisotopic (exact) mass is 647 g/mol. The normalized spacial score (nSPS) is 17.0. The number of methoxy groups -OCH3 is 1. The molecule has 0 amide bonds. The Hall–Kier alpha value is -3.59. The van der Waals surface area contributed by atoms with Crippen LogP contribution in [0.15, 0.2) is 30.3 Å². The molecule has 3 aromatic rings. The average Bonchev–Trinajstić information content (AvgIpc) is 2.97. The predicted octanol–water partition coefficient (Wildman–Crippen LogP) is 4.24. The number of nitrogens with zero attached hydrogens (tertiary/aromatic N) is 5. The highest BCUT2D eigenvalue weighted by atomic mass is 35.5. The van der Waals surface area contributed by atoms with Crippen molar-refractivity contribution >= 4 is 62.0 Å². The molecule has 1 aromatic heterocycles. The zero-order chi connectivity index (χ0) is 31.6. The maximum Gasteiger partial charge on any atom is 0.231 e. The van der Waals surface area contributed by atoms with Gasteiger partial charge < -0.3 is 30.9 Å². The topological polar surface area (TPSA) is 141 Å². The molecule has 0 atom stereocenters. The van der Waals surface area contributed by atoms with E-state index in [-0.39, 0.29) is 34.0 Å². The van der Waals surface area contributed by atoms with Gasteiger partial charge in [-0.15, -0.1) is 0 Å². The Balaban J connectivity index is 1.34. The van der Waals surface area contributed by atoms with Crippen LogP contribution in [0.1, 0.15) is 18.4 Å². The summed E-state index contributed by atoms with van der Waals surface area (Å²) in [7, 11) is 0.0992. The third-order valence-corrected chi connectivity index (χ3v) is 8.99. The number of ether oxygens (including phenoxy) is 1. The third-order valence-electron chi connectivity index (χ3n) is 8.03. The fourth-order valence-corrected chi connectivity index (χ4v) is 6.40. The molecular weight excluding hydrogens is 609 g/mol. The summed E-state index contributed by atoms with van der Waals surface area (Å²) in [4.78, 5) is 16.2. The number of likely N-dealkylation sites (N-methyl/N-ethyl adjacent to an activating group) is 1. The van der Waals surface area contributed by atoms with Crippen molar-refractivity contribution in [2.24, 2.45) is 0 Å². The molecule has 3 heterocycles. The maximum absolute atomic E-state index is 13.9. The lowest BCUT2D eigenvalue weighted by molar-refractivity contribution is 0.0982. The smallest absolute Gasteiger partial charge is 0.231 e. The van der Waals surface area contributed by atoms with E-state index in [4.69, 9.17) is 22.1 Å². The summed E-state index contributed by atoms with van der Waals surface area (Å²) in [6.45, 7) is 8.51. The molecule has 2 aliphatic rings. The number of anilines is 7. The Kier molecular flexibility index (Phi) is 9.53. The van der Waals surface area contributed by atoms with Crippen LogP contribution in [-0.2, 0) is 10.0 Å². The Morgan fingerprint density at radius 1 is 1.00 bits per heavy atom. The SMILES string of the molecule is COc1cc(N2CCC(N3CCN(C)CC3)CC2)c(C)cc1Nc1nc(N)c(Cl)c(Nc2ccc(F)cc2NS(C)(=O)=O)n1. The van der Waals surface area contributed by atoms with Gasteiger partial charge in [0.1, 0.15) is 22.4 Å². The van der Waals surface area contributed by atoms with Crippen LogP contribution in [0.4, 0.5) is 44.7 Å². The standard InChI is InChI=1S/C29H39ClFN9O3S/c1-18-15-23(25(43-3)17-24(18)40-9-7-20(8-10-40)39-13-11-38(2)12-14-39)34-29-35-27(32)26(30)28(36-29)33-21-6-5-19(31)16-22(21)37-44(4,41)42/h5-6,15-17,20,37H,7-14H2,1-4H3,(H4,32,33,34,35,36). The maximum atomic E-state index is 13.9. The summed E-state index contributed by atoms with van der Waals surface area (Å²) in [6.07, 6.45) is 3.21. The Bertz CT molecular complexity index is 1610. The highest BCUT2D eigenvalue weighted by Gasteiger charge is 2.28. The third kappa shape index (κ3) is 7.54. The molecule has 0 saturated carbocycles. The molecule has 2 aromatic carbocycles. The van der Waals surface area contributed by atoms with E-state index < -0.39 is 15.8 Å². The number of aryl methyl sites for hydroxylation is 1. The van der Waals surface area contributed by atoms with E-state index in [9.17, 15) is 12.8 Å². The largest absolute Gasteiger partial charge is 0.494 e. The molecule has 2 aliphatic heterocycles. The molecule has 5 rings (SSSR count). The van der Waals surface area contributed by atoms with Crippen molar-refractivity contribution in [3.05, 3.63) is 46.7 Å². The molecular formula is C29H39ClFN9O3S. The van der Waals surface area contributed by atoms with Crippen molar-refractivity contribution in [3.63, 3.8) is 0 Å². The fraction of sp³-hybridized carbons (Fsp3) is 0.448. The van der Waals surface area contributed by atoms with Gasteiger partial charge in [-0.1, -0.05) is 11.6 Å². The number of nitrogens with two attached hydrogens (primary N) is 1. The number of piperazine rings is 1. The zero-order valence-electron chi connectivity index (χ0n) is 25.3. The van der Waals surface area contributed by atoms with Gasteiger partial charge in [0, 0.05) is 63.1 Å². The van der Waals surface area contributed by atoms with Gasteiger partial charge in [0.05, 0.1) is 30.4 Å². The number of aromatic nitrogens is 2. The van der Waals surface area contributed by atoms with Gasteiger partial charge in [-0.2, -0.15) is 9.97 Å². The second-order valence-electron chi connectivity index (χ2n) is 11.3. The van der Waals surface area contributed by atoms with Crippen LogP contribution >= 0.6 is 11.6 Å². The lowest BCUT2D eigenvalue weighted by atomic mass is 10.0. The van der Waals surface area contributed by atoms with Crippen LogP contribution in [-0.4, -0.2) is 93.9 Å². The van der Waals surface area contributed by atoms with Crippen LogP contribution in [0, 0.1) is 12.7 Å². The van der Waals surface area contributed by atoms with E-state index in [1.54, 1.807) is 7.11 Å². The van der Waals surface area contributed by atoms with Crippen molar-refractivity contribution in [2.75, 3.05) is 85.7 Å². The molecule has 15 heteroatoms. The predicted molar refractivity (Wildman–Crippen MR) is 175 cm³/mol. The number of halogens is 2. The summed E-state index contributed by atoms with van der Waals surface area (Å²) in [5, 5.41) is 6.13. The van der Waals surface area contributed by atoms with Gasteiger partial charge in [0.25, 0.3) is 0 Å². The summed E-state index contributed by atoms with van der Waals surface area (Å²) < 4.78 is 45.6. The summed E-state index contributed by atoms with van der Waals surface area (Å²) >= 11 is 6.40. The van der Waals surface area contributed by atoms with Crippen LogP contribution in [0.5, 0.6) is 5.75 Å². The number of hydrogen-bond acceptors (Lipinski definition) is 11. The van der Waals surface area contributed by atoms with E-state index >= 15 is 0 Å². The number of nitrogens with one attached hydrogen (secondary N) is 3. The van der Waals surface area contributed by atoms with E-state index in [1.807, 2.05) is 12.1 Å². The van der Waals surface area contributed by atoms with Crippen molar-refractivity contribution in [1.29, 1.82) is 0 Å². The van der Waals surface area contributed by atoms with Gasteiger partial charge in [0.15, 0.2) is 5.82 Å². The lowest BCUT2D eigenvalue weighted by Crippen LogP contribution is -2.52. The quantitative estimate of drug-likeness (QED) is 0.265. The lowest BCUT2D eigenvalue weighted by Gasteiger charge is -2.43. The molecule has 2 fully saturated rings. The summed E-state index contributed by atoms with van der Waals surface area (Å²) in [5.74, 6) is 0.203. The zero-order valence-corrected chi connectivity index (χ0v) is 26.9. The number of rotatable bonds is 9. The second-order valence-corrected chi connectivity index (χ2v) is 13.4. The van der Waals surface area contributed by atoms with E-state index in [1.165, 1.54) is 12.1 Å². The molecule has 0 spiro atoms. The molecule has 0 radical (unpaired) electrons. The van der Waals surface area contributed by atoms with Crippen molar-refractivity contribution in [1.82, 2.24) is 19.8 Å². The minimum Gasteiger partial charge on any atom is -0.494 e. The second kappa shape index (κ2) is 13.2. The number of nitrogen functional groups attached to an aromatic ring is 1. The molecule has 0 aliphatic carbocycles. The van der Waals surface area contributed by atoms with Gasteiger partial charge in [-0.25, -0.2) is 12.8 Å². The van der Waals surface area contributed by atoms with Gasteiger partial charge in [-0.05, 0) is 50.6 Å². The number of sulfonamides is 1. The first-order chi connectivity index (χ1) is 20.9. The molecule has 5 N–H and O–H groups in total. The molecule has 12 nitrogen and oxygen atoms in total. The minimum absolute atomic E-state index is 0.0121. The van der Waals surface area contributed by atoms with Crippen molar-refractivity contribution in [3.8, 4) is 5.75 Å². The molecule has 2 saturated heterocycles. The molecule has 0 unspecified atom stereocenters. The number of piperidine rings is 1. The van der Waals surface area contributed by atoms with E-state index in [0.717, 1.165) is 75.7 Å². The first kappa shape index (κ1) is 31.8. The van der Waals surface area contributed by atoms with Crippen LogP contribution in [0.3, 0.4) is 0 Å². The van der Waals surface area contributed by atoms with Gasteiger partial charge in [-0.3, -0.25) is 9.62 Å². The summed E-state index contributed by atoms with van der Waals surface area (Å²) in [6, 6.07) is 8.21. The van der Waals surface area contributed by atoms with Crippen LogP contribution in [0.25, 0.3) is 0 Å². The Morgan fingerprint density at radius 2 is 1.70 bits per heavy atom. The van der Waals surface area contributed by atoms with E-state index in [2.05, 4.69) is 54.0 Å². The van der Waals surface area contributed by atoms with Gasteiger partial charge in [0.2, 0.25) is 16.0 Å². The van der Waals surface area contributed by atoms with Crippen LogP contribution in [0.2, 0.25) is 5.02 Å². The van der Waals surface area contributed by atoms with E-state index in [0.29, 0.717) is 17.5 Å².